The predicted octanol–water partition coefficient (Wildman–Crippen LogP) is 0.450. The summed E-state index contributed by atoms with van der Waals surface area (Å²) in [7, 11) is 1.48. The fraction of sp³-hybridized carbons (Fsp3) is 0.933. The highest BCUT2D eigenvalue weighted by Gasteiger charge is 2.32. The number of piperazine rings is 1. The smallest absolute Gasteiger partial charge is 0.322 e. The maximum atomic E-state index is 11.8. The number of esters is 1. The molecule has 1 atom stereocenters. The van der Waals surface area contributed by atoms with E-state index in [0.29, 0.717) is 6.04 Å². The first-order valence-corrected chi connectivity index (χ1v) is 8.06. The molecule has 5 heteroatoms. The summed E-state index contributed by atoms with van der Waals surface area (Å²) in [5.74, 6) is -0.103. The third-order valence-electron chi connectivity index (χ3n) is 4.70. The largest absolute Gasteiger partial charge is 0.468 e. The van der Waals surface area contributed by atoms with E-state index in [1.807, 2.05) is 0 Å². The Labute approximate surface area is 121 Å². The summed E-state index contributed by atoms with van der Waals surface area (Å²) in [6, 6.07) is 1.32. The normalized spacial score (nSPS) is 26.4. The van der Waals surface area contributed by atoms with Crippen LogP contribution in [0.2, 0.25) is 0 Å². The number of hydrogen-bond donors (Lipinski definition) is 1. The molecule has 1 N–H and O–H groups in total. The molecule has 114 valence electrons. The highest BCUT2D eigenvalue weighted by molar-refractivity contribution is 5.75. The minimum absolute atomic E-state index is 0.103. The lowest BCUT2D eigenvalue weighted by atomic mass is 10.2. The van der Waals surface area contributed by atoms with Gasteiger partial charge in [0, 0.05) is 44.8 Å². The molecule has 2 aliphatic carbocycles. The number of nitrogens with zero attached hydrogens (tertiary/aromatic N) is 2. The van der Waals surface area contributed by atoms with Gasteiger partial charge in [0.2, 0.25) is 0 Å². The van der Waals surface area contributed by atoms with E-state index < -0.39 is 0 Å². The van der Waals surface area contributed by atoms with Crippen LogP contribution in [0.1, 0.15) is 32.1 Å². The summed E-state index contributed by atoms with van der Waals surface area (Å²) in [5, 5.41) is 3.41. The van der Waals surface area contributed by atoms with Crippen LogP contribution in [0.5, 0.6) is 0 Å². The third-order valence-corrected chi connectivity index (χ3v) is 4.70. The number of carbonyl (C=O) groups excluding carboxylic acids is 1. The molecule has 0 spiro atoms. The van der Waals surface area contributed by atoms with E-state index in [9.17, 15) is 4.79 Å². The van der Waals surface area contributed by atoms with E-state index in [2.05, 4.69) is 15.1 Å². The summed E-state index contributed by atoms with van der Waals surface area (Å²) in [5.41, 5.74) is 0. The Balaban J connectivity index is 1.39. The highest BCUT2D eigenvalue weighted by Crippen LogP contribution is 2.27. The molecular formula is C15H27N3O2. The number of hydrogen-bond acceptors (Lipinski definition) is 5. The maximum absolute atomic E-state index is 11.8. The molecular weight excluding hydrogens is 254 g/mol. The van der Waals surface area contributed by atoms with Crippen LogP contribution in [-0.4, -0.2) is 73.7 Å². The Bertz CT molecular complexity index is 334. The topological polar surface area (TPSA) is 44.8 Å². The fourth-order valence-corrected chi connectivity index (χ4v) is 3.05. The molecule has 5 nitrogen and oxygen atoms in total. The molecule has 1 unspecified atom stereocenters. The molecule has 3 aliphatic rings. The van der Waals surface area contributed by atoms with Crippen LogP contribution in [0.15, 0.2) is 0 Å². The number of methoxy groups -OCH3 is 1. The van der Waals surface area contributed by atoms with E-state index in [-0.39, 0.29) is 12.0 Å². The van der Waals surface area contributed by atoms with Gasteiger partial charge in [-0.05, 0) is 32.1 Å². The average Bonchev–Trinajstić information content (AvgIpc) is 3.36. The van der Waals surface area contributed by atoms with Crippen molar-refractivity contribution in [1.82, 2.24) is 15.1 Å². The average molecular weight is 281 g/mol. The van der Waals surface area contributed by atoms with Crippen LogP contribution < -0.4 is 5.32 Å². The Kier molecular flexibility index (Phi) is 4.58. The van der Waals surface area contributed by atoms with Gasteiger partial charge in [0.15, 0.2) is 0 Å². The number of ether oxygens (including phenoxy) is 1. The SMILES string of the molecule is COC(=O)C(CCN1CCN(C2CC2)CC1)NC1CC1. The lowest BCUT2D eigenvalue weighted by molar-refractivity contribution is -0.143. The van der Waals surface area contributed by atoms with Crippen LogP contribution in [0.3, 0.4) is 0 Å². The third kappa shape index (κ3) is 3.93. The van der Waals surface area contributed by atoms with Gasteiger partial charge in [-0.2, -0.15) is 0 Å². The molecule has 0 aromatic rings. The second-order valence-electron chi connectivity index (χ2n) is 6.41. The Morgan fingerprint density at radius 3 is 2.45 bits per heavy atom. The zero-order chi connectivity index (χ0) is 13.9. The van der Waals surface area contributed by atoms with Gasteiger partial charge in [-0.15, -0.1) is 0 Å². The quantitative estimate of drug-likeness (QED) is 0.687. The second kappa shape index (κ2) is 6.41. The van der Waals surface area contributed by atoms with E-state index in [0.717, 1.165) is 32.1 Å². The van der Waals surface area contributed by atoms with Gasteiger partial charge in [0.1, 0.15) is 6.04 Å². The fourth-order valence-electron chi connectivity index (χ4n) is 3.05. The van der Waals surface area contributed by atoms with E-state index in [4.69, 9.17) is 4.74 Å². The number of rotatable bonds is 7. The Hall–Kier alpha value is -0.650. The lowest BCUT2D eigenvalue weighted by Gasteiger charge is -2.35. The van der Waals surface area contributed by atoms with Crippen LogP contribution in [0, 0.1) is 0 Å². The van der Waals surface area contributed by atoms with Gasteiger partial charge in [-0.25, -0.2) is 0 Å². The van der Waals surface area contributed by atoms with Crippen molar-refractivity contribution in [2.45, 2.75) is 50.2 Å². The van der Waals surface area contributed by atoms with E-state index in [1.54, 1.807) is 0 Å². The van der Waals surface area contributed by atoms with Crippen molar-refractivity contribution < 1.29 is 9.53 Å². The molecule has 0 aromatic heterocycles. The summed E-state index contributed by atoms with van der Waals surface area (Å²) in [6.07, 6.45) is 6.07. The monoisotopic (exact) mass is 281 g/mol. The van der Waals surface area contributed by atoms with Crippen molar-refractivity contribution in [2.75, 3.05) is 39.8 Å². The molecule has 1 aliphatic heterocycles. The van der Waals surface area contributed by atoms with Crippen LogP contribution in [0.25, 0.3) is 0 Å². The summed E-state index contributed by atoms with van der Waals surface area (Å²) in [4.78, 5) is 16.9. The molecule has 3 rings (SSSR count). The van der Waals surface area contributed by atoms with Gasteiger partial charge in [-0.3, -0.25) is 9.69 Å². The Morgan fingerprint density at radius 1 is 1.20 bits per heavy atom. The summed E-state index contributed by atoms with van der Waals surface area (Å²) in [6.45, 7) is 5.69. The molecule has 2 saturated carbocycles. The first-order chi connectivity index (χ1) is 9.76. The maximum Gasteiger partial charge on any atom is 0.322 e. The van der Waals surface area contributed by atoms with Crippen molar-refractivity contribution in [3.63, 3.8) is 0 Å². The molecule has 0 amide bonds. The van der Waals surface area contributed by atoms with Gasteiger partial charge in [0.05, 0.1) is 7.11 Å². The van der Waals surface area contributed by atoms with Crippen molar-refractivity contribution in [1.29, 1.82) is 0 Å². The zero-order valence-electron chi connectivity index (χ0n) is 12.5. The van der Waals surface area contributed by atoms with E-state index >= 15 is 0 Å². The van der Waals surface area contributed by atoms with Crippen molar-refractivity contribution in [3.8, 4) is 0 Å². The first-order valence-electron chi connectivity index (χ1n) is 8.06. The Morgan fingerprint density at radius 2 is 1.90 bits per heavy atom. The predicted molar refractivity (Wildman–Crippen MR) is 77.6 cm³/mol. The lowest BCUT2D eigenvalue weighted by Crippen LogP contribution is -2.49. The van der Waals surface area contributed by atoms with Crippen LogP contribution in [-0.2, 0) is 9.53 Å². The van der Waals surface area contributed by atoms with Crippen LogP contribution in [0.4, 0.5) is 0 Å². The molecule has 20 heavy (non-hydrogen) atoms. The minimum atomic E-state index is -0.117. The van der Waals surface area contributed by atoms with E-state index in [1.165, 1.54) is 45.9 Å². The molecule has 0 bridgehead atoms. The van der Waals surface area contributed by atoms with Crippen LogP contribution >= 0.6 is 0 Å². The molecule has 0 radical (unpaired) electrons. The molecule has 1 heterocycles. The number of carbonyl (C=O) groups is 1. The zero-order valence-corrected chi connectivity index (χ0v) is 12.5. The standard InChI is InChI=1S/C15H27N3O2/c1-20-15(19)14(16-12-2-3-12)6-7-17-8-10-18(11-9-17)13-4-5-13/h12-14,16H,2-11H2,1H3. The minimum Gasteiger partial charge on any atom is -0.468 e. The molecule has 3 fully saturated rings. The number of nitrogens with one attached hydrogen (secondary N) is 1. The first kappa shape index (κ1) is 14.3. The summed E-state index contributed by atoms with van der Waals surface area (Å²) >= 11 is 0. The van der Waals surface area contributed by atoms with Gasteiger partial charge >= 0.3 is 5.97 Å². The highest BCUT2D eigenvalue weighted by atomic mass is 16.5. The van der Waals surface area contributed by atoms with Gasteiger partial charge in [-0.1, -0.05) is 0 Å². The van der Waals surface area contributed by atoms with Crippen molar-refractivity contribution in [2.24, 2.45) is 0 Å². The van der Waals surface area contributed by atoms with Gasteiger partial charge in [0.25, 0.3) is 0 Å². The molecule has 0 aromatic carbocycles. The van der Waals surface area contributed by atoms with Crippen molar-refractivity contribution >= 4 is 5.97 Å². The van der Waals surface area contributed by atoms with Crippen molar-refractivity contribution in [3.05, 3.63) is 0 Å². The van der Waals surface area contributed by atoms with Gasteiger partial charge < -0.3 is 15.0 Å². The second-order valence-corrected chi connectivity index (χ2v) is 6.41. The summed E-state index contributed by atoms with van der Waals surface area (Å²) < 4.78 is 4.91. The molecule has 1 saturated heterocycles.